The molecule has 0 aromatic heterocycles. The third kappa shape index (κ3) is 3.31. The van der Waals surface area contributed by atoms with E-state index in [0.717, 1.165) is 30.8 Å². The second-order valence-electron chi connectivity index (χ2n) is 4.20. The van der Waals surface area contributed by atoms with Gasteiger partial charge < -0.3 is 10.2 Å². The summed E-state index contributed by atoms with van der Waals surface area (Å²) in [5, 5.41) is 2.79. The van der Waals surface area contributed by atoms with Crippen LogP contribution in [0.3, 0.4) is 0 Å². The summed E-state index contributed by atoms with van der Waals surface area (Å²) < 4.78 is 0. The van der Waals surface area contributed by atoms with E-state index < -0.39 is 0 Å². The van der Waals surface area contributed by atoms with Gasteiger partial charge in [0.2, 0.25) is 0 Å². The van der Waals surface area contributed by atoms with Crippen LogP contribution in [0.5, 0.6) is 0 Å². The lowest BCUT2D eigenvalue weighted by Crippen LogP contribution is -2.25. The molecule has 1 aliphatic heterocycles. The number of carbonyl (C=O) groups excluding carboxylic acids is 1. The minimum Gasteiger partial charge on any atom is -0.363 e. The number of amidine groups is 1. The van der Waals surface area contributed by atoms with Gasteiger partial charge in [-0.25, -0.2) is 4.79 Å². The van der Waals surface area contributed by atoms with E-state index in [-0.39, 0.29) is 6.03 Å². The van der Waals surface area contributed by atoms with Gasteiger partial charge in [-0.05, 0) is 12.0 Å². The molecular weight excluding hydrogens is 214 g/mol. The van der Waals surface area contributed by atoms with E-state index in [0.29, 0.717) is 6.54 Å². The van der Waals surface area contributed by atoms with Gasteiger partial charge in [-0.1, -0.05) is 30.3 Å². The third-order valence-corrected chi connectivity index (χ3v) is 2.85. The van der Waals surface area contributed by atoms with E-state index in [4.69, 9.17) is 0 Å². The second kappa shape index (κ2) is 5.48. The van der Waals surface area contributed by atoms with Gasteiger partial charge in [0, 0.05) is 26.6 Å². The molecule has 0 unspecified atom stereocenters. The van der Waals surface area contributed by atoms with Crippen LogP contribution in [0, 0.1) is 0 Å². The van der Waals surface area contributed by atoms with Gasteiger partial charge in [0.25, 0.3) is 0 Å². The molecule has 17 heavy (non-hydrogen) atoms. The molecule has 1 fully saturated rings. The van der Waals surface area contributed by atoms with Crippen LogP contribution in [0.15, 0.2) is 35.3 Å². The lowest BCUT2D eigenvalue weighted by molar-refractivity contribution is 0.248. The average Bonchev–Trinajstić information content (AvgIpc) is 2.74. The maximum absolute atomic E-state index is 11.6. The van der Waals surface area contributed by atoms with Crippen LogP contribution >= 0.6 is 0 Å². The molecule has 1 aromatic rings. The Labute approximate surface area is 101 Å². The normalized spacial score (nSPS) is 17.5. The number of rotatable bonds is 2. The zero-order valence-corrected chi connectivity index (χ0v) is 10.0. The Morgan fingerprint density at radius 1 is 1.41 bits per heavy atom. The van der Waals surface area contributed by atoms with Crippen LogP contribution in [0.2, 0.25) is 0 Å². The molecule has 1 aromatic carbocycles. The molecule has 0 bridgehead atoms. The van der Waals surface area contributed by atoms with Gasteiger partial charge in [-0.15, -0.1) is 0 Å². The average molecular weight is 231 g/mol. The summed E-state index contributed by atoms with van der Waals surface area (Å²) in [6.07, 6.45) is 1.98. The summed E-state index contributed by atoms with van der Waals surface area (Å²) in [5.74, 6) is 0.885. The minimum absolute atomic E-state index is 0.252. The molecular formula is C13H17N3O. The molecule has 0 radical (unpaired) electrons. The van der Waals surface area contributed by atoms with E-state index in [9.17, 15) is 4.79 Å². The van der Waals surface area contributed by atoms with Gasteiger partial charge in [0.05, 0.1) is 0 Å². The first-order valence-corrected chi connectivity index (χ1v) is 5.86. The Morgan fingerprint density at radius 2 is 2.18 bits per heavy atom. The fourth-order valence-electron chi connectivity index (χ4n) is 1.87. The molecule has 2 rings (SSSR count). The van der Waals surface area contributed by atoms with Crippen LogP contribution in [-0.2, 0) is 6.54 Å². The van der Waals surface area contributed by atoms with Crippen LogP contribution in [0.25, 0.3) is 0 Å². The molecule has 1 aliphatic rings. The van der Waals surface area contributed by atoms with Crippen LogP contribution in [-0.4, -0.2) is 30.4 Å². The van der Waals surface area contributed by atoms with Gasteiger partial charge in [-0.2, -0.15) is 4.99 Å². The van der Waals surface area contributed by atoms with E-state index in [2.05, 4.69) is 10.3 Å². The summed E-state index contributed by atoms with van der Waals surface area (Å²) in [6.45, 7) is 1.52. The second-order valence-corrected chi connectivity index (χ2v) is 4.20. The van der Waals surface area contributed by atoms with Crippen LogP contribution in [0.1, 0.15) is 18.4 Å². The number of hydrogen-bond acceptors (Lipinski definition) is 1. The highest BCUT2D eigenvalue weighted by Gasteiger charge is 2.15. The highest BCUT2D eigenvalue weighted by atomic mass is 16.2. The smallest absolute Gasteiger partial charge is 0.342 e. The Balaban J connectivity index is 1.86. The van der Waals surface area contributed by atoms with E-state index in [1.165, 1.54) is 0 Å². The predicted octanol–water partition coefficient (Wildman–Crippen LogP) is 2.02. The highest BCUT2D eigenvalue weighted by molar-refractivity contribution is 5.94. The van der Waals surface area contributed by atoms with Crippen molar-refractivity contribution in [3.05, 3.63) is 35.9 Å². The predicted molar refractivity (Wildman–Crippen MR) is 68.0 cm³/mol. The number of nitrogens with one attached hydrogen (secondary N) is 1. The number of aliphatic imine (C=N–C) groups is 1. The van der Waals surface area contributed by atoms with Crippen LogP contribution < -0.4 is 5.32 Å². The van der Waals surface area contributed by atoms with Crippen molar-refractivity contribution in [2.75, 3.05) is 13.6 Å². The van der Waals surface area contributed by atoms with Gasteiger partial charge in [0.15, 0.2) is 0 Å². The fraction of sp³-hybridized carbons (Fsp3) is 0.385. The number of nitrogens with zero attached hydrogens (tertiary/aromatic N) is 2. The zero-order valence-electron chi connectivity index (χ0n) is 10.0. The molecule has 1 N–H and O–H groups in total. The standard InChI is InChI=1S/C13H17N3O/c1-16-9-5-8-12(16)15-13(17)14-10-11-6-3-2-4-7-11/h2-4,6-7H,5,8-10H2,1H3,(H,14,17). The first-order chi connectivity index (χ1) is 8.25. The lowest BCUT2D eigenvalue weighted by atomic mass is 10.2. The third-order valence-electron chi connectivity index (χ3n) is 2.85. The fourth-order valence-corrected chi connectivity index (χ4v) is 1.87. The first kappa shape index (κ1) is 11.6. The maximum Gasteiger partial charge on any atom is 0.342 e. The largest absolute Gasteiger partial charge is 0.363 e. The minimum atomic E-state index is -0.252. The molecule has 90 valence electrons. The number of benzene rings is 1. The summed E-state index contributed by atoms with van der Waals surface area (Å²) in [7, 11) is 1.97. The number of amides is 2. The Bertz CT molecular complexity index is 414. The number of hydrogen-bond donors (Lipinski definition) is 1. The summed E-state index contributed by atoms with van der Waals surface area (Å²) in [4.78, 5) is 17.7. The SMILES string of the molecule is CN1CCCC1=NC(=O)NCc1ccccc1. The Morgan fingerprint density at radius 3 is 2.82 bits per heavy atom. The van der Waals surface area contributed by atoms with E-state index >= 15 is 0 Å². The van der Waals surface area contributed by atoms with Crippen LogP contribution in [0.4, 0.5) is 4.79 Å². The molecule has 4 nitrogen and oxygen atoms in total. The zero-order chi connectivity index (χ0) is 12.1. The van der Waals surface area contributed by atoms with Gasteiger partial charge in [0.1, 0.15) is 5.84 Å². The lowest BCUT2D eigenvalue weighted by Gasteiger charge is -2.10. The Hall–Kier alpha value is -1.84. The molecule has 4 heteroatoms. The quantitative estimate of drug-likeness (QED) is 0.846. The van der Waals surface area contributed by atoms with E-state index in [1.807, 2.05) is 42.3 Å². The summed E-state index contributed by atoms with van der Waals surface area (Å²) in [6, 6.07) is 9.58. The topological polar surface area (TPSA) is 44.7 Å². The molecule has 1 saturated heterocycles. The van der Waals surface area contributed by atoms with Crippen molar-refractivity contribution in [1.29, 1.82) is 0 Å². The van der Waals surface area contributed by atoms with Crippen molar-refractivity contribution < 1.29 is 4.79 Å². The number of carbonyl (C=O) groups is 1. The molecule has 0 aliphatic carbocycles. The molecule has 0 saturated carbocycles. The monoisotopic (exact) mass is 231 g/mol. The van der Waals surface area contributed by atoms with Crippen molar-refractivity contribution in [3.63, 3.8) is 0 Å². The van der Waals surface area contributed by atoms with Crippen molar-refractivity contribution in [2.45, 2.75) is 19.4 Å². The summed E-state index contributed by atoms with van der Waals surface area (Å²) >= 11 is 0. The molecule has 1 heterocycles. The molecule has 0 atom stereocenters. The van der Waals surface area contributed by atoms with Crippen molar-refractivity contribution in [3.8, 4) is 0 Å². The first-order valence-electron chi connectivity index (χ1n) is 5.86. The van der Waals surface area contributed by atoms with Crippen molar-refractivity contribution in [1.82, 2.24) is 10.2 Å². The van der Waals surface area contributed by atoms with Crippen molar-refractivity contribution >= 4 is 11.9 Å². The van der Waals surface area contributed by atoms with E-state index in [1.54, 1.807) is 0 Å². The maximum atomic E-state index is 11.6. The Kier molecular flexibility index (Phi) is 3.75. The summed E-state index contributed by atoms with van der Waals surface area (Å²) in [5.41, 5.74) is 1.08. The van der Waals surface area contributed by atoms with Gasteiger partial charge >= 0.3 is 6.03 Å². The van der Waals surface area contributed by atoms with Gasteiger partial charge in [-0.3, -0.25) is 0 Å². The highest BCUT2D eigenvalue weighted by Crippen LogP contribution is 2.08. The number of urea groups is 1. The number of likely N-dealkylation sites (tertiary alicyclic amines) is 1. The van der Waals surface area contributed by atoms with Crippen molar-refractivity contribution in [2.24, 2.45) is 4.99 Å². The molecule has 0 spiro atoms. The molecule has 2 amide bonds.